The van der Waals surface area contributed by atoms with Gasteiger partial charge in [0.2, 0.25) is 5.91 Å². The second-order valence-corrected chi connectivity index (χ2v) is 6.90. The molecule has 0 bridgehead atoms. The second-order valence-electron chi connectivity index (χ2n) is 6.90. The lowest BCUT2D eigenvalue weighted by atomic mass is 9.93. The number of anilines is 1. The van der Waals surface area contributed by atoms with Crippen LogP contribution in [0.4, 0.5) is 18.9 Å². The van der Waals surface area contributed by atoms with E-state index < -0.39 is 6.36 Å². The summed E-state index contributed by atoms with van der Waals surface area (Å²) in [5, 5.41) is 0. The van der Waals surface area contributed by atoms with Gasteiger partial charge < -0.3 is 14.4 Å². The summed E-state index contributed by atoms with van der Waals surface area (Å²) < 4.78 is 47.2. The molecule has 4 rings (SSSR count). The maximum atomic E-state index is 13.3. The quantitative estimate of drug-likeness (QED) is 0.791. The van der Waals surface area contributed by atoms with Crippen LogP contribution in [0.3, 0.4) is 0 Å². The molecular weight excluding hydrogens is 373 g/mol. The van der Waals surface area contributed by atoms with E-state index in [2.05, 4.69) is 9.72 Å². The van der Waals surface area contributed by atoms with Crippen molar-refractivity contribution in [2.75, 3.05) is 18.1 Å². The van der Waals surface area contributed by atoms with E-state index >= 15 is 0 Å². The minimum absolute atomic E-state index is 0.0724. The van der Waals surface area contributed by atoms with Crippen LogP contribution in [0.15, 0.2) is 42.7 Å². The Morgan fingerprint density at radius 2 is 2.14 bits per heavy atom. The van der Waals surface area contributed by atoms with Crippen LogP contribution in [-0.4, -0.2) is 30.4 Å². The molecule has 0 saturated carbocycles. The first-order valence-electron chi connectivity index (χ1n) is 9.14. The highest BCUT2D eigenvalue weighted by Gasteiger charge is 2.39. The van der Waals surface area contributed by atoms with Crippen molar-refractivity contribution in [3.63, 3.8) is 0 Å². The zero-order valence-corrected chi connectivity index (χ0v) is 15.0. The second kappa shape index (κ2) is 7.43. The largest absolute Gasteiger partial charge is 0.573 e. The highest BCUT2D eigenvalue weighted by molar-refractivity contribution is 5.96. The summed E-state index contributed by atoms with van der Waals surface area (Å²) >= 11 is 0. The number of carbonyl (C=O) groups is 1. The number of pyridine rings is 1. The van der Waals surface area contributed by atoms with Gasteiger partial charge in [-0.1, -0.05) is 6.07 Å². The number of carbonyl (C=O) groups excluding carboxylic acids is 1. The third-order valence-electron chi connectivity index (χ3n) is 5.09. The van der Waals surface area contributed by atoms with Crippen molar-refractivity contribution in [3.8, 4) is 5.75 Å². The van der Waals surface area contributed by atoms with Gasteiger partial charge in [0.15, 0.2) is 0 Å². The van der Waals surface area contributed by atoms with Gasteiger partial charge in [0.05, 0.1) is 12.0 Å². The lowest BCUT2D eigenvalue weighted by Crippen LogP contribution is -2.40. The number of ether oxygens (including phenoxy) is 2. The van der Waals surface area contributed by atoms with Crippen molar-refractivity contribution in [2.24, 2.45) is 5.92 Å². The van der Waals surface area contributed by atoms with Crippen LogP contribution in [0.1, 0.15) is 30.1 Å². The molecule has 0 N–H and O–H groups in total. The molecule has 28 heavy (non-hydrogen) atoms. The molecule has 5 nitrogen and oxygen atoms in total. The molecule has 148 valence electrons. The van der Waals surface area contributed by atoms with E-state index in [9.17, 15) is 18.0 Å². The Bertz CT molecular complexity index is 858. The van der Waals surface area contributed by atoms with Crippen LogP contribution in [0.2, 0.25) is 0 Å². The zero-order chi connectivity index (χ0) is 19.7. The lowest BCUT2D eigenvalue weighted by Gasteiger charge is -2.33. The van der Waals surface area contributed by atoms with Gasteiger partial charge in [0.25, 0.3) is 0 Å². The number of hydrogen-bond donors (Lipinski definition) is 0. The predicted octanol–water partition coefficient (Wildman–Crippen LogP) is 4.04. The number of hydrogen-bond acceptors (Lipinski definition) is 4. The maximum Gasteiger partial charge on any atom is 0.573 e. The average molecular weight is 392 g/mol. The summed E-state index contributed by atoms with van der Waals surface area (Å²) in [5.41, 5.74) is 2.17. The normalized spacial score (nSPS) is 22.0. The Morgan fingerprint density at radius 1 is 1.29 bits per heavy atom. The number of benzene rings is 1. The van der Waals surface area contributed by atoms with E-state index in [1.807, 2.05) is 6.07 Å². The number of fused-ring (bicyclic) bond motifs is 1. The molecule has 2 aromatic rings. The van der Waals surface area contributed by atoms with Gasteiger partial charge in [-0.2, -0.15) is 0 Å². The van der Waals surface area contributed by atoms with Crippen molar-refractivity contribution in [1.82, 2.24) is 4.98 Å². The van der Waals surface area contributed by atoms with Gasteiger partial charge in [-0.05, 0) is 54.7 Å². The number of alkyl halides is 3. The van der Waals surface area contributed by atoms with Crippen LogP contribution >= 0.6 is 0 Å². The fourth-order valence-corrected chi connectivity index (χ4v) is 3.91. The van der Waals surface area contributed by atoms with Crippen molar-refractivity contribution in [2.45, 2.75) is 31.7 Å². The number of aryl methyl sites for hydroxylation is 1. The molecule has 0 unspecified atom stereocenters. The van der Waals surface area contributed by atoms with E-state index in [0.717, 1.165) is 5.56 Å². The standard InChI is InChI=1S/C20H19F3N2O3/c21-20(22,23)28-15-5-6-17-13(11-15)4-2-9-25(17)19(26)16-7-10-27-18(16)14-3-1-8-24-12-14/h1,3,5-6,8,11-12,16,18H,2,4,7,9-10H2/t16-,18+/m0/s1. The molecule has 1 fully saturated rings. The van der Waals surface area contributed by atoms with E-state index in [1.165, 1.54) is 18.2 Å². The van der Waals surface area contributed by atoms with Crippen LogP contribution in [-0.2, 0) is 16.0 Å². The number of amides is 1. The van der Waals surface area contributed by atoms with Gasteiger partial charge in [0, 0.05) is 31.2 Å². The topological polar surface area (TPSA) is 51.7 Å². The molecule has 2 aliphatic rings. The van der Waals surface area contributed by atoms with E-state index in [-0.39, 0.29) is 23.7 Å². The average Bonchev–Trinajstić information content (AvgIpc) is 3.16. The molecule has 2 aliphatic heterocycles. The van der Waals surface area contributed by atoms with Gasteiger partial charge in [-0.3, -0.25) is 9.78 Å². The Hall–Kier alpha value is -2.61. The highest BCUT2D eigenvalue weighted by Crippen LogP contribution is 2.39. The molecule has 8 heteroatoms. The molecule has 2 atom stereocenters. The van der Waals surface area contributed by atoms with Gasteiger partial charge in [-0.15, -0.1) is 13.2 Å². The third kappa shape index (κ3) is 3.82. The van der Waals surface area contributed by atoms with E-state index in [1.54, 1.807) is 23.4 Å². The van der Waals surface area contributed by atoms with Crippen molar-refractivity contribution in [3.05, 3.63) is 53.9 Å². The lowest BCUT2D eigenvalue weighted by molar-refractivity contribution is -0.274. The van der Waals surface area contributed by atoms with Crippen LogP contribution < -0.4 is 9.64 Å². The first-order valence-corrected chi connectivity index (χ1v) is 9.14. The first kappa shape index (κ1) is 18.7. The molecule has 1 aromatic heterocycles. The Kier molecular flexibility index (Phi) is 4.97. The fourth-order valence-electron chi connectivity index (χ4n) is 3.91. The smallest absolute Gasteiger partial charge is 0.406 e. The van der Waals surface area contributed by atoms with Gasteiger partial charge in [0.1, 0.15) is 5.75 Å². The van der Waals surface area contributed by atoms with E-state index in [4.69, 9.17) is 4.74 Å². The van der Waals surface area contributed by atoms with Crippen LogP contribution in [0, 0.1) is 5.92 Å². The number of aromatic nitrogens is 1. The van der Waals surface area contributed by atoms with Crippen molar-refractivity contribution in [1.29, 1.82) is 0 Å². The predicted molar refractivity (Wildman–Crippen MR) is 94.8 cm³/mol. The molecule has 1 aromatic carbocycles. The number of rotatable bonds is 3. The molecule has 0 aliphatic carbocycles. The monoisotopic (exact) mass is 392 g/mol. The molecular formula is C20H19F3N2O3. The Balaban J connectivity index is 1.58. The zero-order valence-electron chi connectivity index (χ0n) is 15.0. The summed E-state index contributed by atoms with van der Waals surface area (Å²) in [6, 6.07) is 7.83. The SMILES string of the molecule is O=C([C@H]1CCO[C@@H]1c1cccnc1)N1CCCc2cc(OC(F)(F)F)ccc21. The van der Waals surface area contributed by atoms with Crippen molar-refractivity contribution < 1.29 is 27.4 Å². The number of halogens is 3. The van der Waals surface area contributed by atoms with Gasteiger partial charge in [-0.25, -0.2) is 0 Å². The minimum Gasteiger partial charge on any atom is -0.406 e. The number of nitrogens with zero attached hydrogens (tertiary/aromatic N) is 2. The van der Waals surface area contributed by atoms with Crippen LogP contribution in [0.25, 0.3) is 0 Å². The molecule has 3 heterocycles. The summed E-state index contributed by atoms with van der Waals surface area (Å²) in [6.45, 7) is 1.01. The molecule has 0 radical (unpaired) electrons. The summed E-state index contributed by atoms with van der Waals surface area (Å²) in [5.74, 6) is -0.684. The maximum absolute atomic E-state index is 13.3. The van der Waals surface area contributed by atoms with Crippen LogP contribution in [0.5, 0.6) is 5.75 Å². The van der Waals surface area contributed by atoms with Gasteiger partial charge >= 0.3 is 6.36 Å². The Morgan fingerprint density at radius 3 is 2.89 bits per heavy atom. The van der Waals surface area contributed by atoms with Crippen molar-refractivity contribution >= 4 is 11.6 Å². The summed E-state index contributed by atoms with van der Waals surface area (Å²) in [4.78, 5) is 19.0. The highest BCUT2D eigenvalue weighted by atomic mass is 19.4. The Labute approximate surface area is 160 Å². The third-order valence-corrected chi connectivity index (χ3v) is 5.09. The minimum atomic E-state index is -4.74. The van der Waals surface area contributed by atoms with E-state index in [0.29, 0.717) is 43.7 Å². The first-order chi connectivity index (χ1) is 13.4. The summed E-state index contributed by atoms with van der Waals surface area (Å²) in [7, 11) is 0. The summed E-state index contributed by atoms with van der Waals surface area (Å²) in [6.07, 6.45) is 0.133. The molecule has 1 saturated heterocycles. The fraction of sp³-hybridized carbons (Fsp3) is 0.400. The molecule has 1 amide bonds. The molecule has 0 spiro atoms.